The Hall–Kier alpha value is -3.41. The number of halogens is 1. The van der Waals surface area contributed by atoms with Crippen LogP contribution >= 0.6 is 0 Å². The Morgan fingerprint density at radius 1 is 1.12 bits per heavy atom. The van der Waals surface area contributed by atoms with Crippen LogP contribution in [0.2, 0.25) is 0 Å². The Kier molecular flexibility index (Phi) is 5.12. The van der Waals surface area contributed by atoms with E-state index in [4.69, 9.17) is 4.74 Å². The van der Waals surface area contributed by atoms with Gasteiger partial charge in [-0.15, -0.1) is 0 Å². The molecule has 1 amide bonds. The number of nitrogens with zero attached hydrogens (tertiary/aromatic N) is 1. The molecule has 2 aromatic carbocycles. The number of hydrogen-bond acceptors (Lipinski definition) is 4. The van der Waals surface area contributed by atoms with Gasteiger partial charge in [-0.2, -0.15) is 0 Å². The summed E-state index contributed by atoms with van der Waals surface area (Å²) in [7, 11) is 1.55. The van der Waals surface area contributed by atoms with Gasteiger partial charge in [0.2, 0.25) is 0 Å². The zero-order chi connectivity index (χ0) is 18.5. The van der Waals surface area contributed by atoms with Gasteiger partial charge in [0.05, 0.1) is 12.8 Å². The van der Waals surface area contributed by atoms with Crippen LogP contribution in [0.5, 0.6) is 5.75 Å². The zero-order valence-electron chi connectivity index (χ0n) is 14.4. The number of nitrogens with one attached hydrogen (secondary N) is 2. The van der Waals surface area contributed by atoms with Crippen LogP contribution in [0.4, 0.5) is 21.6 Å². The maximum Gasteiger partial charge on any atom is 0.255 e. The molecule has 3 rings (SSSR count). The van der Waals surface area contributed by atoms with Gasteiger partial charge in [-0.05, 0) is 55.0 Å². The quantitative estimate of drug-likeness (QED) is 0.709. The number of methoxy groups -OCH3 is 1. The topological polar surface area (TPSA) is 63.2 Å². The van der Waals surface area contributed by atoms with Gasteiger partial charge >= 0.3 is 0 Å². The third kappa shape index (κ3) is 4.16. The van der Waals surface area contributed by atoms with E-state index in [2.05, 4.69) is 15.6 Å². The van der Waals surface area contributed by atoms with Crippen LogP contribution in [-0.4, -0.2) is 18.0 Å². The fourth-order valence-corrected chi connectivity index (χ4v) is 2.47. The van der Waals surface area contributed by atoms with Crippen molar-refractivity contribution in [3.05, 3.63) is 77.7 Å². The van der Waals surface area contributed by atoms with E-state index in [1.165, 1.54) is 18.3 Å². The average Bonchev–Trinajstić information content (AvgIpc) is 2.62. The third-order valence-electron chi connectivity index (χ3n) is 3.72. The van der Waals surface area contributed by atoms with Crippen molar-refractivity contribution >= 4 is 23.1 Å². The highest BCUT2D eigenvalue weighted by Crippen LogP contribution is 2.26. The molecule has 0 radical (unpaired) electrons. The second-order valence-corrected chi connectivity index (χ2v) is 5.72. The van der Waals surface area contributed by atoms with Crippen LogP contribution in [0.25, 0.3) is 0 Å². The second kappa shape index (κ2) is 7.65. The van der Waals surface area contributed by atoms with Crippen molar-refractivity contribution in [2.75, 3.05) is 17.7 Å². The number of amides is 1. The van der Waals surface area contributed by atoms with Gasteiger partial charge in [-0.1, -0.05) is 12.1 Å². The maximum absolute atomic E-state index is 13.3. The lowest BCUT2D eigenvalue weighted by molar-refractivity contribution is 0.102. The molecular weight excluding hydrogens is 333 g/mol. The molecule has 1 aromatic heterocycles. The minimum absolute atomic E-state index is 0.293. The summed E-state index contributed by atoms with van der Waals surface area (Å²) in [6, 6.07) is 14.8. The van der Waals surface area contributed by atoms with E-state index in [1.54, 1.807) is 37.4 Å². The van der Waals surface area contributed by atoms with Gasteiger partial charge in [0.25, 0.3) is 5.91 Å². The number of ether oxygens (including phenoxy) is 1. The molecule has 1 heterocycles. The summed E-state index contributed by atoms with van der Waals surface area (Å²) in [5.41, 5.74) is 2.57. The van der Waals surface area contributed by atoms with E-state index in [1.807, 2.05) is 19.1 Å². The average molecular weight is 351 g/mol. The van der Waals surface area contributed by atoms with Crippen LogP contribution in [-0.2, 0) is 0 Å². The molecule has 0 aliphatic rings. The Balaban J connectivity index is 1.79. The zero-order valence-corrected chi connectivity index (χ0v) is 14.4. The molecule has 0 saturated heterocycles. The normalized spacial score (nSPS) is 10.3. The molecule has 26 heavy (non-hydrogen) atoms. The molecule has 0 atom stereocenters. The lowest BCUT2D eigenvalue weighted by Crippen LogP contribution is -2.13. The number of pyridine rings is 1. The number of rotatable bonds is 5. The predicted molar refractivity (Wildman–Crippen MR) is 99.6 cm³/mol. The minimum Gasteiger partial charge on any atom is -0.495 e. The molecular formula is C20H18FN3O2. The largest absolute Gasteiger partial charge is 0.495 e. The monoisotopic (exact) mass is 351 g/mol. The van der Waals surface area contributed by atoms with Crippen molar-refractivity contribution < 1.29 is 13.9 Å². The van der Waals surface area contributed by atoms with Crippen molar-refractivity contribution in [2.45, 2.75) is 6.92 Å². The Morgan fingerprint density at radius 3 is 2.73 bits per heavy atom. The molecule has 0 aliphatic heterocycles. The second-order valence-electron chi connectivity index (χ2n) is 5.72. The first kappa shape index (κ1) is 17.4. The standard InChI is InChI=1S/C20H18FN3O2/c1-13-6-7-18(26-2)17(10-13)24-20(25)14-8-9-22-19(11-14)23-16-5-3-4-15(21)12-16/h3-12H,1-2H3,(H,22,23)(H,24,25). The number of carbonyl (C=O) groups excluding carboxylic acids is 1. The number of benzene rings is 2. The van der Waals surface area contributed by atoms with Gasteiger partial charge in [0, 0.05) is 17.4 Å². The molecule has 0 unspecified atom stereocenters. The molecule has 2 N–H and O–H groups in total. The van der Waals surface area contributed by atoms with Crippen molar-refractivity contribution in [1.29, 1.82) is 0 Å². The number of anilines is 3. The van der Waals surface area contributed by atoms with Gasteiger partial charge < -0.3 is 15.4 Å². The van der Waals surface area contributed by atoms with Crippen LogP contribution in [0.3, 0.4) is 0 Å². The van der Waals surface area contributed by atoms with Crippen molar-refractivity contribution in [3.8, 4) is 5.75 Å². The van der Waals surface area contributed by atoms with Gasteiger partial charge in [0.1, 0.15) is 17.4 Å². The van der Waals surface area contributed by atoms with Crippen molar-refractivity contribution in [1.82, 2.24) is 4.98 Å². The van der Waals surface area contributed by atoms with E-state index in [0.29, 0.717) is 28.5 Å². The van der Waals surface area contributed by atoms with Gasteiger partial charge in [-0.25, -0.2) is 9.37 Å². The Bertz CT molecular complexity index is 944. The van der Waals surface area contributed by atoms with Crippen molar-refractivity contribution in [3.63, 3.8) is 0 Å². The molecule has 0 spiro atoms. The fourth-order valence-electron chi connectivity index (χ4n) is 2.47. The van der Waals surface area contributed by atoms with Gasteiger partial charge in [0.15, 0.2) is 0 Å². The lowest BCUT2D eigenvalue weighted by Gasteiger charge is -2.12. The highest BCUT2D eigenvalue weighted by atomic mass is 19.1. The highest BCUT2D eigenvalue weighted by molar-refractivity contribution is 6.05. The van der Waals surface area contributed by atoms with E-state index in [-0.39, 0.29) is 11.7 Å². The van der Waals surface area contributed by atoms with E-state index in [0.717, 1.165) is 5.56 Å². The summed E-state index contributed by atoms with van der Waals surface area (Å²) in [5, 5.41) is 5.82. The lowest BCUT2D eigenvalue weighted by atomic mass is 10.2. The van der Waals surface area contributed by atoms with Crippen LogP contribution in [0.1, 0.15) is 15.9 Å². The van der Waals surface area contributed by atoms with E-state index >= 15 is 0 Å². The molecule has 0 saturated carbocycles. The first-order valence-electron chi connectivity index (χ1n) is 8.00. The van der Waals surface area contributed by atoms with Crippen LogP contribution < -0.4 is 15.4 Å². The molecule has 3 aromatic rings. The fraction of sp³-hybridized carbons (Fsp3) is 0.100. The van der Waals surface area contributed by atoms with E-state index < -0.39 is 0 Å². The molecule has 0 aliphatic carbocycles. The van der Waals surface area contributed by atoms with E-state index in [9.17, 15) is 9.18 Å². The summed E-state index contributed by atoms with van der Waals surface area (Å²) >= 11 is 0. The highest BCUT2D eigenvalue weighted by Gasteiger charge is 2.11. The number of aryl methyl sites for hydroxylation is 1. The molecule has 0 bridgehead atoms. The summed E-state index contributed by atoms with van der Waals surface area (Å²) in [6.07, 6.45) is 1.52. The predicted octanol–water partition coefficient (Wildman–Crippen LogP) is 4.53. The number of hydrogen-bond donors (Lipinski definition) is 2. The van der Waals surface area contributed by atoms with Crippen LogP contribution in [0.15, 0.2) is 60.8 Å². The Morgan fingerprint density at radius 2 is 1.96 bits per heavy atom. The first-order chi connectivity index (χ1) is 12.5. The summed E-state index contributed by atoms with van der Waals surface area (Å²) < 4.78 is 18.6. The SMILES string of the molecule is COc1ccc(C)cc1NC(=O)c1ccnc(Nc2cccc(F)c2)c1. The third-order valence-corrected chi connectivity index (χ3v) is 3.72. The first-order valence-corrected chi connectivity index (χ1v) is 8.00. The smallest absolute Gasteiger partial charge is 0.255 e. The summed E-state index contributed by atoms with van der Waals surface area (Å²) in [6.45, 7) is 1.93. The molecule has 5 nitrogen and oxygen atoms in total. The van der Waals surface area contributed by atoms with Gasteiger partial charge in [-0.3, -0.25) is 4.79 Å². The Labute approximate surface area is 150 Å². The number of carbonyl (C=O) groups is 1. The molecule has 132 valence electrons. The summed E-state index contributed by atoms with van der Waals surface area (Å²) in [4.78, 5) is 16.7. The number of aromatic nitrogens is 1. The van der Waals surface area contributed by atoms with Crippen molar-refractivity contribution in [2.24, 2.45) is 0 Å². The maximum atomic E-state index is 13.3. The molecule has 6 heteroatoms. The van der Waals surface area contributed by atoms with Crippen LogP contribution in [0, 0.1) is 12.7 Å². The minimum atomic E-state index is -0.351. The molecule has 0 fully saturated rings. The summed E-state index contributed by atoms with van der Waals surface area (Å²) in [5.74, 6) is 0.379.